The maximum atomic E-state index is 13.9. The van der Waals surface area contributed by atoms with E-state index in [1.165, 1.54) is 24.3 Å². The van der Waals surface area contributed by atoms with Crippen LogP contribution in [0.3, 0.4) is 0 Å². The Bertz CT molecular complexity index is 1800. The molecule has 2 N–H and O–H groups in total. The summed E-state index contributed by atoms with van der Waals surface area (Å²) in [5, 5.41) is 13.5. The number of thioether (sulfide) groups is 1. The number of methoxy groups -OCH3 is 1. The molecule has 43 heavy (non-hydrogen) atoms. The first-order chi connectivity index (χ1) is 20.7. The molecule has 0 bridgehead atoms. The molecule has 1 saturated heterocycles. The van der Waals surface area contributed by atoms with E-state index in [2.05, 4.69) is 10.3 Å². The minimum absolute atomic E-state index is 0.165. The highest BCUT2D eigenvalue weighted by atomic mass is 32.2. The molecule has 1 fully saturated rings. The lowest BCUT2D eigenvalue weighted by molar-refractivity contribution is -0.384. The van der Waals surface area contributed by atoms with Gasteiger partial charge in [-0.05, 0) is 54.1 Å². The van der Waals surface area contributed by atoms with Crippen molar-refractivity contribution in [1.29, 1.82) is 0 Å². The standard InChI is InChI=1S/C29H22N4O8S2/c1-40-19-11-5-16(6-12-19)30-21(34)14-41-20-4-2-3-15(13-20)22-23-25(42-26-24(22)43-29(37)31-26)28(36)32(27(23)35)17-7-9-18(10-8-17)33(38)39/h2-13,22-23,25H,14H2,1H3,(H,30,34)(H,31,37)/t22-,23?,25?/m1/s1. The molecule has 6 rings (SSSR count). The van der Waals surface area contributed by atoms with Crippen LogP contribution in [0.4, 0.5) is 17.1 Å². The number of imide groups is 1. The monoisotopic (exact) mass is 618 g/mol. The molecular formula is C29H22N4O8S2. The van der Waals surface area contributed by atoms with Gasteiger partial charge >= 0.3 is 4.87 Å². The number of benzene rings is 3. The number of hydrogen-bond acceptors (Lipinski definition) is 10. The SMILES string of the molecule is COc1ccc(NC(=O)COc2cccc([C@H]3c4sc(=O)[nH]c4SC4C(=O)N(c5ccc([N+](=O)[O-])cc5)C(=O)C43)c2)cc1. The van der Waals surface area contributed by atoms with Crippen LogP contribution in [0.1, 0.15) is 16.4 Å². The Morgan fingerprint density at radius 1 is 1.02 bits per heavy atom. The van der Waals surface area contributed by atoms with Crippen molar-refractivity contribution in [2.45, 2.75) is 16.2 Å². The molecule has 0 aliphatic carbocycles. The van der Waals surface area contributed by atoms with Crippen LogP contribution in [0.2, 0.25) is 0 Å². The lowest BCUT2D eigenvalue weighted by Gasteiger charge is -2.30. The number of anilines is 2. The van der Waals surface area contributed by atoms with Crippen molar-refractivity contribution in [2.24, 2.45) is 5.92 Å². The molecule has 0 radical (unpaired) electrons. The Labute approximate surface area is 251 Å². The second kappa shape index (κ2) is 11.4. The normalized spacial score (nSPS) is 19.0. The van der Waals surface area contributed by atoms with E-state index in [9.17, 15) is 29.3 Å². The summed E-state index contributed by atoms with van der Waals surface area (Å²) in [5.41, 5.74) is 1.27. The summed E-state index contributed by atoms with van der Waals surface area (Å²) in [4.78, 5) is 67.0. The fourth-order valence-corrected chi connectivity index (χ4v) is 7.69. The molecule has 0 saturated carbocycles. The zero-order chi connectivity index (χ0) is 30.2. The minimum atomic E-state index is -0.847. The summed E-state index contributed by atoms with van der Waals surface area (Å²) in [6.07, 6.45) is 0. The number of carbonyl (C=O) groups is 3. The minimum Gasteiger partial charge on any atom is -0.497 e. The molecule has 2 unspecified atom stereocenters. The van der Waals surface area contributed by atoms with Crippen LogP contribution in [0.15, 0.2) is 82.6 Å². The fraction of sp³-hybridized carbons (Fsp3) is 0.172. The average Bonchev–Trinajstić information content (AvgIpc) is 3.50. The van der Waals surface area contributed by atoms with Crippen LogP contribution in [-0.2, 0) is 14.4 Å². The predicted molar refractivity (Wildman–Crippen MR) is 159 cm³/mol. The van der Waals surface area contributed by atoms with Gasteiger partial charge in [0, 0.05) is 28.6 Å². The maximum Gasteiger partial charge on any atom is 0.305 e. The van der Waals surface area contributed by atoms with Gasteiger partial charge in [-0.1, -0.05) is 35.2 Å². The number of aromatic nitrogens is 1. The van der Waals surface area contributed by atoms with E-state index < -0.39 is 33.8 Å². The molecule has 14 heteroatoms. The summed E-state index contributed by atoms with van der Waals surface area (Å²) in [7, 11) is 1.55. The first kappa shape index (κ1) is 28.2. The number of nitrogens with zero attached hydrogens (tertiary/aromatic N) is 2. The number of rotatable bonds is 8. The molecule has 0 spiro atoms. The highest BCUT2D eigenvalue weighted by Gasteiger charge is 2.56. The Morgan fingerprint density at radius 2 is 1.77 bits per heavy atom. The van der Waals surface area contributed by atoms with Crippen molar-refractivity contribution in [1.82, 2.24) is 4.98 Å². The van der Waals surface area contributed by atoms with Crippen molar-refractivity contribution >= 4 is 57.9 Å². The Balaban J connectivity index is 1.26. The lowest BCUT2D eigenvalue weighted by Crippen LogP contribution is -2.32. The van der Waals surface area contributed by atoms with Gasteiger partial charge in [-0.3, -0.25) is 29.3 Å². The maximum absolute atomic E-state index is 13.9. The van der Waals surface area contributed by atoms with Crippen LogP contribution < -0.4 is 24.6 Å². The van der Waals surface area contributed by atoms with E-state index in [4.69, 9.17) is 9.47 Å². The van der Waals surface area contributed by atoms with Gasteiger partial charge in [0.2, 0.25) is 11.8 Å². The van der Waals surface area contributed by atoms with Gasteiger partial charge in [-0.2, -0.15) is 0 Å². The van der Waals surface area contributed by atoms with Gasteiger partial charge in [-0.15, -0.1) is 0 Å². The molecule has 2 aliphatic rings. The third kappa shape index (κ3) is 5.37. The number of thiazole rings is 1. The smallest absolute Gasteiger partial charge is 0.305 e. The van der Waals surface area contributed by atoms with Crippen molar-refractivity contribution in [3.8, 4) is 11.5 Å². The molecule has 4 aromatic rings. The summed E-state index contributed by atoms with van der Waals surface area (Å²) >= 11 is 2.10. The first-order valence-corrected chi connectivity index (χ1v) is 14.6. The number of amides is 3. The molecule has 2 aliphatic heterocycles. The number of hydrogen-bond donors (Lipinski definition) is 2. The molecule has 3 atom stereocenters. The summed E-state index contributed by atoms with van der Waals surface area (Å²) in [5.74, 6) is -1.81. The number of nitro groups is 1. The summed E-state index contributed by atoms with van der Waals surface area (Å²) in [6.45, 7) is -0.282. The van der Waals surface area contributed by atoms with E-state index in [-0.39, 0.29) is 28.8 Å². The fourth-order valence-electron chi connectivity index (χ4n) is 5.17. The van der Waals surface area contributed by atoms with Crippen molar-refractivity contribution in [3.63, 3.8) is 0 Å². The lowest BCUT2D eigenvalue weighted by atomic mass is 9.83. The number of non-ortho nitro benzene ring substituents is 1. The Hall–Kier alpha value is -4.95. The Morgan fingerprint density at radius 3 is 2.47 bits per heavy atom. The zero-order valence-corrected chi connectivity index (χ0v) is 24.0. The van der Waals surface area contributed by atoms with E-state index in [0.29, 0.717) is 32.7 Å². The van der Waals surface area contributed by atoms with E-state index in [1.807, 2.05) is 0 Å². The predicted octanol–water partition coefficient (Wildman–Crippen LogP) is 4.17. The van der Waals surface area contributed by atoms with E-state index >= 15 is 0 Å². The van der Waals surface area contributed by atoms with Gasteiger partial charge < -0.3 is 19.8 Å². The number of aromatic amines is 1. The second-order valence-corrected chi connectivity index (χ2v) is 11.8. The van der Waals surface area contributed by atoms with Crippen LogP contribution in [0.25, 0.3) is 0 Å². The van der Waals surface area contributed by atoms with Crippen molar-refractivity contribution in [2.75, 3.05) is 23.9 Å². The van der Waals surface area contributed by atoms with Gasteiger partial charge in [0.15, 0.2) is 6.61 Å². The molecule has 218 valence electrons. The number of nitrogens with one attached hydrogen (secondary N) is 2. The van der Waals surface area contributed by atoms with Gasteiger partial charge in [-0.25, -0.2) is 4.90 Å². The molecule has 3 heterocycles. The third-order valence-electron chi connectivity index (χ3n) is 7.10. The third-order valence-corrected chi connectivity index (χ3v) is 9.50. The zero-order valence-electron chi connectivity index (χ0n) is 22.3. The molecule has 1 aromatic heterocycles. The van der Waals surface area contributed by atoms with Crippen LogP contribution in [0, 0.1) is 16.0 Å². The number of H-pyrrole nitrogens is 1. The number of nitro benzene ring substituents is 1. The van der Waals surface area contributed by atoms with Crippen LogP contribution in [-0.4, -0.2) is 46.6 Å². The summed E-state index contributed by atoms with van der Waals surface area (Å²) < 4.78 is 10.9. The van der Waals surface area contributed by atoms with Gasteiger partial charge in [0.1, 0.15) is 16.7 Å². The number of ether oxygens (including phenoxy) is 2. The molecule has 12 nitrogen and oxygen atoms in total. The molecule has 3 aromatic carbocycles. The highest BCUT2D eigenvalue weighted by Crippen LogP contribution is 2.53. The van der Waals surface area contributed by atoms with Crippen molar-refractivity contribution in [3.05, 3.63) is 103 Å². The number of carbonyl (C=O) groups excluding carboxylic acids is 3. The van der Waals surface area contributed by atoms with Gasteiger partial charge in [0.25, 0.3) is 11.6 Å². The van der Waals surface area contributed by atoms with Gasteiger partial charge in [0.05, 0.1) is 28.7 Å². The first-order valence-electron chi connectivity index (χ1n) is 12.9. The van der Waals surface area contributed by atoms with E-state index in [1.54, 1.807) is 55.6 Å². The molecular weight excluding hydrogens is 596 g/mol. The number of fused-ring (bicyclic) bond motifs is 2. The summed E-state index contributed by atoms with van der Waals surface area (Å²) in [6, 6.07) is 18.9. The van der Waals surface area contributed by atoms with Crippen LogP contribution in [0.5, 0.6) is 11.5 Å². The molecule has 3 amide bonds. The van der Waals surface area contributed by atoms with Crippen molar-refractivity contribution < 1.29 is 28.8 Å². The topological polar surface area (TPSA) is 161 Å². The van der Waals surface area contributed by atoms with E-state index in [0.717, 1.165) is 28.0 Å². The largest absolute Gasteiger partial charge is 0.497 e. The second-order valence-electron chi connectivity index (χ2n) is 9.67. The van der Waals surface area contributed by atoms with Crippen LogP contribution >= 0.6 is 23.1 Å². The highest BCUT2D eigenvalue weighted by molar-refractivity contribution is 8.00. The Kier molecular flexibility index (Phi) is 7.46. The quantitative estimate of drug-likeness (QED) is 0.168. The average molecular weight is 619 g/mol.